The topological polar surface area (TPSA) is 89.3 Å². The van der Waals surface area contributed by atoms with Crippen molar-refractivity contribution in [1.82, 2.24) is 15.4 Å². The summed E-state index contributed by atoms with van der Waals surface area (Å²) < 4.78 is 11.7. The fourth-order valence-corrected chi connectivity index (χ4v) is 3.29. The van der Waals surface area contributed by atoms with Gasteiger partial charge >= 0.3 is 5.91 Å². The molecule has 0 radical (unpaired) electrons. The highest BCUT2D eigenvalue weighted by atomic mass is 79.9. The van der Waals surface area contributed by atoms with Crippen LogP contribution < -0.4 is 10.9 Å². The molecule has 4 rings (SSSR count). The highest BCUT2D eigenvalue weighted by Gasteiger charge is 2.30. The molecule has 3 aromatic rings. The summed E-state index contributed by atoms with van der Waals surface area (Å²) in [5, 5.41) is 0. The van der Waals surface area contributed by atoms with Gasteiger partial charge in [-0.25, -0.2) is 9.97 Å². The van der Waals surface area contributed by atoms with Crippen molar-refractivity contribution in [1.29, 1.82) is 0 Å². The van der Waals surface area contributed by atoms with Crippen molar-refractivity contribution in [2.45, 2.75) is 32.5 Å². The number of halogens is 1. The minimum atomic E-state index is -0.406. The number of nitrogens with one attached hydrogen (secondary N) is 2. The molecule has 28 heavy (non-hydrogen) atoms. The summed E-state index contributed by atoms with van der Waals surface area (Å²) in [6.07, 6.45) is 0.651. The van der Waals surface area contributed by atoms with Gasteiger partial charge in [-0.15, -0.1) is 0 Å². The number of ether oxygens (including phenoxy) is 1. The average Bonchev–Trinajstić information content (AvgIpc) is 3.11. The van der Waals surface area contributed by atoms with Crippen LogP contribution in [0.3, 0.4) is 0 Å². The van der Waals surface area contributed by atoms with E-state index in [9.17, 15) is 4.79 Å². The number of hydrogen-bond donors (Lipinski definition) is 2. The van der Waals surface area contributed by atoms with E-state index in [-0.39, 0.29) is 11.4 Å². The molecule has 1 amide bonds. The Labute approximate surface area is 170 Å². The number of anilines is 1. The normalized spacial score (nSPS) is 15.0. The van der Waals surface area contributed by atoms with Gasteiger partial charge in [0.2, 0.25) is 0 Å². The molecule has 0 fully saturated rings. The molecular formula is C20H19BrN4O3. The van der Waals surface area contributed by atoms with Crippen LogP contribution in [0.4, 0.5) is 5.82 Å². The van der Waals surface area contributed by atoms with Gasteiger partial charge in [-0.3, -0.25) is 15.6 Å². The van der Waals surface area contributed by atoms with Crippen LogP contribution in [0.1, 0.15) is 35.7 Å². The van der Waals surface area contributed by atoms with E-state index in [1.54, 1.807) is 12.1 Å². The number of carbonyl (C=O) groups is 1. The van der Waals surface area contributed by atoms with Gasteiger partial charge < -0.3 is 9.15 Å². The maximum atomic E-state index is 12.3. The van der Waals surface area contributed by atoms with Crippen LogP contribution in [-0.4, -0.2) is 21.5 Å². The molecule has 2 N–H and O–H groups in total. The van der Waals surface area contributed by atoms with Crippen molar-refractivity contribution >= 4 is 27.7 Å². The van der Waals surface area contributed by atoms with Crippen LogP contribution in [0.5, 0.6) is 0 Å². The van der Waals surface area contributed by atoms with E-state index in [1.807, 2.05) is 44.2 Å². The second-order valence-corrected chi connectivity index (χ2v) is 7.88. The first-order chi connectivity index (χ1) is 13.4. The van der Waals surface area contributed by atoms with Crippen LogP contribution in [0.15, 0.2) is 51.6 Å². The third-order valence-corrected chi connectivity index (χ3v) is 4.84. The van der Waals surface area contributed by atoms with E-state index in [0.29, 0.717) is 29.3 Å². The number of furan rings is 1. The molecule has 1 aliphatic heterocycles. The van der Waals surface area contributed by atoms with Gasteiger partial charge in [-0.1, -0.05) is 30.3 Å². The van der Waals surface area contributed by atoms with Crippen molar-refractivity contribution in [2.24, 2.45) is 0 Å². The van der Waals surface area contributed by atoms with Gasteiger partial charge in [-0.05, 0) is 41.9 Å². The molecule has 0 unspecified atom stereocenters. The maximum Gasteiger partial charge on any atom is 0.305 e. The summed E-state index contributed by atoms with van der Waals surface area (Å²) in [5.74, 6) is 0.882. The number of fused-ring (bicyclic) bond motifs is 1. The zero-order chi connectivity index (χ0) is 19.7. The Bertz CT molecular complexity index is 1020. The zero-order valence-corrected chi connectivity index (χ0v) is 17.0. The van der Waals surface area contributed by atoms with Crippen LogP contribution in [0.2, 0.25) is 0 Å². The number of carbonyl (C=O) groups excluding carboxylic acids is 1. The first-order valence-electron chi connectivity index (χ1n) is 8.82. The van der Waals surface area contributed by atoms with Crippen LogP contribution in [0, 0.1) is 0 Å². The fraction of sp³-hybridized carbons (Fsp3) is 0.250. The van der Waals surface area contributed by atoms with Crippen molar-refractivity contribution in [3.05, 3.63) is 64.2 Å². The second-order valence-electron chi connectivity index (χ2n) is 7.10. The smallest absolute Gasteiger partial charge is 0.305 e. The van der Waals surface area contributed by atoms with E-state index in [1.165, 1.54) is 0 Å². The lowest BCUT2D eigenvalue weighted by Gasteiger charge is -2.32. The molecule has 144 valence electrons. The van der Waals surface area contributed by atoms with Crippen LogP contribution in [-0.2, 0) is 17.8 Å². The Kier molecular flexibility index (Phi) is 4.91. The van der Waals surface area contributed by atoms with Crippen molar-refractivity contribution in [3.8, 4) is 11.4 Å². The van der Waals surface area contributed by atoms with Gasteiger partial charge in [0.25, 0.3) is 0 Å². The molecule has 0 saturated heterocycles. The van der Waals surface area contributed by atoms with Crippen molar-refractivity contribution < 1.29 is 13.9 Å². The Balaban J connectivity index is 1.66. The number of amides is 1. The molecule has 0 bridgehead atoms. The van der Waals surface area contributed by atoms with Crippen LogP contribution in [0.25, 0.3) is 11.4 Å². The lowest BCUT2D eigenvalue weighted by atomic mass is 9.96. The van der Waals surface area contributed by atoms with E-state index in [4.69, 9.17) is 14.1 Å². The summed E-state index contributed by atoms with van der Waals surface area (Å²) in [7, 11) is 0. The Hall–Kier alpha value is -2.71. The third-order valence-electron chi connectivity index (χ3n) is 4.42. The summed E-state index contributed by atoms with van der Waals surface area (Å²) in [6, 6.07) is 13.0. The molecule has 7 nitrogen and oxygen atoms in total. The van der Waals surface area contributed by atoms with Gasteiger partial charge in [-0.2, -0.15) is 0 Å². The minimum absolute atomic E-state index is 0.183. The first kappa shape index (κ1) is 18.6. The van der Waals surface area contributed by atoms with Crippen LogP contribution >= 0.6 is 15.9 Å². The summed E-state index contributed by atoms with van der Waals surface area (Å²) in [5.41, 5.74) is 7.87. The third kappa shape index (κ3) is 3.93. The quantitative estimate of drug-likeness (QED) is 0.590. The van der Waals surface area contributed by atoms with Gasteiger partial charge in [0.05, 0.1) is 17.9 Å². The molecule has 2 aromatic heterocycles. The van der Waals surface area contributed by atoms with Crippen molar-refractivity contribution in [2.75, 3.05) is 5.43 Å². The molecule has 1 aromatic carbocycles. The monoisotopic (exact) mass is 442 g/mol. The Morgan fingerprint density at radius 1 is 1.14 bits per heavy atom. The highest BCUT2D eigenvalue weighted by molar-refractivity contribution is 9.10. The van der Waals surface area contributed by atoms with Gasteiger partial charge in [0, 0.05) is 17.5 Å². The van der Waals surface area contributed by atoms with Crippen molar-refractivity contribution in [3.63, 3.8) is 0 Å². The van der Waals surface area contributed by atoms with Gasteiger partial charge in [0.1, 0.15) is 0 Å². The number of aromatic nitrogens is 2. The predicted octanol–water partition coefficient (Wildman–Crippen LogP) is 4.11. The lowest BCUT2D eigenvalue weighted by Crippen LogP contribution is -2.35. The molecule has 3 heterocycles. The molecular weight excluding hydrogens is 424 g/mol. The minimum Gasteiger partial charge on any atom is -0.444 e. The predicted molar refractivity (Wildman–Crippen MR) is 108 cm³/mol. The van der Waals surface area contributed by atoms with E-state index < -0.39 is 5.91 Å². The summed E-state index contributed by atoms with van der Waals surface area (Å²) in [4.78, 5) is 21.7. The Morgan fingerprint density at radius 2 is 1.93 bits per heavy atom. The van der Waals surface area contributed by atoms with E-state index >= 15 is 0 Å². The Morgan fingerprint density at radius 3 is 2.64 bits per heavy atom. The number of benzene rings is 1. The molecule has 0 atom stereocenters. The molecule has 0 aliphatic carbocycles. The second kappa shape index (κ2) is 7.37. The molecule has 0 spiro atoms. The average molecular weight is 443 g/mol. The molecule has 0 saturated carbocycles. The zero-order valence-electron chi connectivity index (χ0n) is 15.5. The lowest BCUT2D eigenvalue weighted by molar-refractivity contribution is -0.0411. The number of rotatable bonds is 4. The maximum absolute atomic E-state index is 12.3. The first-order valence-corrected chi connectivity index (χ1v) is 9.61. The van der Waals surface area contributed by atoms with E-state index in [0.717, 1.165) is 16.8 Å². The molecule has 1 aliphatic rings. The number of hydrazine groups is 1. The SMILES string of the molecule is CC1(C)Cc2nc(-c3ccccc3)nc(NNC(=O)c3ccc(Br)o3)c2CO1. The van der Waals surface area contributed by atoms with Gasteiger partial charge in [0.15, 0.2) is 22.1 Å². The highest BCUT2D eigenvalue weighted by Crippen LogP contribution is 2.32. The summed E-state index contributed by atoms with van der Waals surface area (Å²) in [6.45, 7) is 4.43. The summed E-state index contributed by atoms with van der Waals surface area (Å²) >= 11 is 3.19. The fourth-order valence-electron chi connectivity index (χ4n) is 2.98. The standard InChI is InChI=1S/C20H19BrN4O3/c1-20(2)10-14-13(11-27-20)18(23-17(22-14)12-6-4-3-5-7-12)24-25-19(26)15-8-9-16(21)28-15/h3-9H,10-11H2,1-2H3,(H,25,26)(H,22,23,24). The molecule has 8 heteroatoms. The number of hydrogen-bond acceptors (Lipinski definition) is 6. The largest absolute Gasteiger partial charge is 0.444 e. The number of nitrogens with zero attached hydrogens (tertiary/aromatic N) is 2. The van der Waals surface area contributed by atoms with E-state index in [2.05, 4.69) is 31.8 Å².